The fourth-order valence-electron chi connectivity index (χ4n) is 2.88. The molecule has 0 amide bonds. The maximum absolute atomic E-state index is 4.63. The quantitative estimate of drug-likeness (QED) is 0.422. The summed E-state index contributed by atoms with van der Waals surface area (Å²) in [6.07, 6.45) is 1.82. The van der Waals surface area contributed by atoms with Crippen LogP contribution in [0.25, 0.3) is 11.3 Å². The fraction of sp³-hybridized carbons (Fsp3) is 0.273. The molecule has 0 bridgehead atoms. The van der Waals surface area contributed by atoms with Crippen LogP contribution < -0.4 is 10.3 Å². The zero-order valence-corrected chi connectivity index (χ0v) is 17.2. The van der Waals surface area contributed by atoms with Crippen LogP contribution in [0.5, 0.6) is 0 Å². The number of hydrazone groups is 1. The van der Waals surface area contributed by atoms with Gasteiger partial charge in [-0.15, -0.1) is 11.3 Å². The third-order valence-corrected chi connectivity index (χ3v) is 5.45. The van der Waals surface area contributed by atoms with Crippen LogP contribution in [-0.4, -0.2) is 24.3 Å². The van der Waals surface area contributed by atoms with Crippen molar-refractivity contribution in [2.75, 3.05) is 23.4 Å². The number of hydrogen-bond acceptors (Lipinski definition) is 5. The molecule has 0 unspecified atom stereocenters. The van der Waals surface area contributed by atoms with E-state index in [1.807, 2.05) is 6.21 Å². The maximum atomic E-state index is 4.63. The molecule has 0 saturated heterocycles. The van der Waals surface area contributed by atoms with Gasteiger partial charge >= 0.3 is 0 Å². The van der Waals surface area contributed by atoms with E-state index in [0.717, 1.165) is 35.0 Å². The molecule has 1 heterocycles. The molecule has 0 fully saturated rings. The first-order valence-electron chi connectivity index (χ1n) is 9.28. The summed E-state index contributed by atoms with van der Waals surface area (Å²) >= 11 is 1.56. The molecule has 27 heavy (non-hydrogen) atoms. The van der Waals surface area contributed by atoms with Crippen molar-refractivity contribution < 1.29 is 0 Å². The summed E-state index contributed by atoms with van der Waals surface area (Å²) in [6, 6.07) is 14.9. The molecule has 1 aromatic heterocycles. The van der Waals surface area contributed by atoms with Gasteiger partial charge in [0.2, 0.25) is 5.13 Å². The smallest absolute Gasteiger partial charge is 0.203 e. The molecule has 0 radical (unpaired) electrons. The Labute approximate surface area is 165 Å². The van der Waals surface area contributed by atoms with Gasteiger partial charge in [-0.25, -0.2) is 4.98 Å². The molecule has 4 nitrogen and oxygen atoms in total. The first kappa shape index (κ1) is 19.1. The van der Waals surface area contributed by atoms with E-state index < -0.39 is 0 Å². The zero-order valence-electron chi connectivity index (χ0n) is 16.4. The van der Waals surface area contributed by atoms with E-state index in [1.165, 1.54) is 16.8 Å². The van der Waals surface area contributed by atoms with E-state index >= 15 is 0 Å². The standard InChI is InChI=1S/C22H26N4S/c1-5-26(6-2)20-11-8-18(9-12-20)14-23-25-22-24-21(15-27-22)19-10-7-16(3)17(4)13-19/h7-15H,5-6H2,1-4H3,(H,24,25)/b23-14-. The van der Waals surface area contributed by atoms with Gasteiger partial charge in [0, 0.05) is 29.7 Å². The molecule has 0 aliphatic rings. The van der Waals surface area contributed by atoms with Gasteiger partial charge in [-0.3, -0.25) is 5.43 Å². The van der Waals surface area contributed by atoms with Crippen LogP contribution in [0.3, 0.4) is 0 Å². The lowest BCUT2D eigenvalue weighted by atomic mass is 10.1. The van der Waals surface area contributed by atoms with Gasteiger partial charge in [0.15, 0.2) is 0 Å². The number of anilines is 2. The molecule has 0 atom stereocenters. The van der Waals surface area contributed by atoms with Crippen molar-refractivity contribution in [1.82, 2.24) is 4.98 Å². The Bertz CT molecular complexity index is 908. The molecular formula is C22H26N4S. The third kappa shape index (κ3) is 4.74. The zero-order chi connectivity index (χ0) is 19.2. The van der Waals surface area contributed by atoms with Gasteiger partial charge in [0.25, 0.3) is 0 Å². The van der Waals surface area contributed by atoms with Gasteiger partial charge in [-0.05, 0) is 62.6 Å². The highest BCUT2D eigenvalue weighted by Gasteiger charge is 2.05. The van der Waals surface area contributed by atoms with E-state index in [2.05, 4.69) is 96.0 Å². The summed E-state index contributed by atoms with van der Waals surface area (Å²) in [7, 11) is 0. The van der Waals surface area contributed by atoms with Crippen molar-refractivity contribution in [2.45, 2.75) is 27.7 Å². The Kier molecular flexibility index (Phi) is 6.24. The second-order valence-electron chi connectivity index (χ2n) is 6.47. The molecule has 0 aliphatic heterocycles. The topological polar surface area (TPSA) is 40.5 Å². The van der Waals surface area contributed by atoms with Crippen molar-refractivity contribution in [3.8, 4) is 11.3 Å². The number of nitrogens with zero attached hydrogens (tertiary/aromatic N) is 3. The molecule has 3 rings (SSSR count). The summed E-state index contributed by atoms with van der Waals surface area (Å²) in [5, 5.41) is 7.17. The van der Waals surface area contributed by atoms with E-state index in [1.54, 1.807) is 11.3 Å². The minimum atomic E-state index is 0.791. The number of thiazole rings is 1. The molecule has 5 heteroatoms. The second kappa shape index (κ2) is 8.82. The molecule has 0 aliphatic carbocycles. The highest BCUT2D eigenvalue weighted by Crippen LogP contribution is 2.26. The van der Waals surface area contributed by atoms with E-state index in [-0.39, 0.29) is 0 Å². The number of benzene rings is 2. The highest BCUT2D eigenvalue weighted by atomic mass is 32.1. The summed E-state index contributed by atoms with van der Waals surface area (Å²) in [5.41, 5.74) is 10.0. The number of nitrogens with one attached hydrogen (secondary N) is 1. The Hall–Kier alpha value is -2.66. The van der Waals surface area contributed by atoms with Crippen LogP contribution in [0.4, 0.5) is 10.8 Å². The largest absolute Gasteiger partial charge is 0.372 e. The second-order valence-corrected chi connectivity index (χ2v) is 7.33. The predicted molar refractivity (Wildman–Crippen MR) is 118 cm³/mol. The number of aryl methyl sites for hydroxylation is 2. The summed E-state index contributed by atoms with van der Waals surface area (Å²) < 4.78 is 0. The number of aromatic nitrogens is 1. The molecule has 0 saturated carbocycles. The first-order chi connectivity index (χ1) is 13.1. The predicted octanol–water partition coefficient (Wildman–Crippen LogP) is 5.72. The van der Waals surface area contributed by atoms with Crippen LogP contribution in [-0.2, 0) is 0 Å². The third-order valence-electron chi connectivity index (χ3n) is 4.70. The Balaban J connectivity index is 1.63. The average molecular weight is 379 g/mol. The van der Waals surface area contributed by atoms with Gasteiger partial charge in [-0.1, -0.05) is 24.3 Å². The Morgan fingerprint density at radius 3 is 2.44 bits per heavy atom. The van der Waals surface area contributed by atoms with Crippen molar-refractivity contribution in [3.05, 3.63) is 64.5 Å². The lowest BCUT2D eigenvalue weighted by Gasteiger charge is -2.20. The lowest BCUT2D eigenvalue weighted by Crippen LogP contribution is -2.21. The first-order valence-corrected chi connectivity index (χ1v) is 10.2. The summed E-state index contributed by atoms with van der Waals surface area (Å²) in [6.45, 7) is 10.6. The minimum absolute atomic E-state index is 0.791. The van der Waals surface area contributed by atoms with Gasteiger partial charge in [0.1, 0.15) is 0 Å². The summed E-state index contributed by atoms with van der Waals surface area (Å²) in [5.74, 6) is 0. The van der Waals surface area contributed by atoms with E-state index in [9.17, 15) is 0 Å². The minimum Gasteiger partial charge on any atom is -0.372 e. The van der Waals surface area contributed by atoms with Crippen LogP contribution in [0.15, 0.2) is 52.9 Å². The van der Waals surface area contributed by atoms with E-state index in [0.29, 0.717) is 0 Å². The lowest BCUT2D eigenvalue weighted by molar-refractivity contribution is 0.866. The van der Waals surface area contributed by atoms with Gasteiger partial charge in [0.05, 0.1) is 11.9 Å². The highest BCUT2D eigenvalue weighted by molar-refractivity contribution is 7.14. The Morgan fingerprint density at radius 1 is 1.04 bits per heavy atom. The van der Waals surface area contributed by atoms with Crippen LogP contribution in [0, 0.1) is 13.8 Å². The normalized spacial score (nSPS) is 11.1. The maximum Gasteiger partial charge on any atom is 0.203 e. The average Bonchev–Trinajstić information content (AvgIpc) is 3.15. The van der Waals surface area contributed by atoms with E-state index in [4.69, 9.17) is 0 Å². The number of hydrogen-bond donors (Lipinski definition) is 1. The van der Waals surface area contributed by atoms with Crippen molar-refractivity contribution in [1.29, 1.82) is 0 Å². The van der Waals surface area contributed by atoms with Gasteiger partial charge < -0.3 is 4.90 Å². The van der Waals surface area contributed by atoms with Crippen LogP contribution in [0.2, 0.25) is 0 Å². The molecule has 2 aromatic carbocycles. The Morgan fingerprint density at radius 2 is 1.78 bits per heavy atom. The molecule has 0 spiro atoms. The monoisotopic (exact) mass is 378 g/mol. The molecule has 3 aromatic rings. The van der Waals surface area contributed by atoms with Gasteiger partial charge in [-0.2, -0.15) is 5.10 Å². The fourth-order valence-corrected chi connectivity index (χ4v) is 3.55. The molecular weight excluding hydrogens is 352 g/mol. The summed E-state index contributed by atoms with van der Waals surface area (Å²) in [4.78, 5) is 6.95. The van der Waals surface area contributed by atoms with Crippen molar-refractivity contribution in [3.63, 3.8) is 0 Å². The SMILES string of the molecule is CCN(CC)c1ccc(/C=N\Nc2nc(-c3ccc(C)c(C)c3)cs2)cc1. The molecule has 140 valence electrons. The van der Waals surface area contributed by atoms with Crippen LogP contribution in [0.1, 0.15) is 30.5 Å². The number of rotatable bonds is 7. The molecule has 1 N–H and O–H groups in total. The van der Waals surface area contributed by atoms with Crippen molar-refractivity contribution >= 4 is 28.4 Å². The van der Waals surface area contributed by atoms with Crippen molar-refractivity contribution in [2.24, 2.45) is 5.10 Å². The van der Waals surface area contributed by atoms with Crippen LogP contribution >= 0.6 is 11.3 Å².